The highest BCUT2D eigenvalue weighted by Gasteiger charge is 2.24. The van der Waals surface area contributed by atoms with Gasteiger partial charge in [0.25, 0.3) is 0 Å². The molecule has 2 aromatic carbocycles. The van der Waals surface area contributed by atoms with Crippen LogP contribution in [0.4, 0.5) is 0 Å². The monoisotopic (exact) mass is 282 g/mol. The van der Waals surface area contributed by atoms with E-state index in [4.69, 9.17) is 0 Å². The Hall–Kier alpha value is -2.42. The summed E-state index contributed by atoms with van der Waals surface area (Å²) in [7, 11) is 0. The van der Waals surface area contributed by atoms with Gasteiger partial charge in [-0.1, -0.05) is 67.9 Å². The van der Waals surface area contributed by atoms with Gasteiger partial charge in [-0.05, 0) is 12.0 Å². The summed E-state index contributed by atoms with van der Waals surface area (Å²) in [6, 6.07) is 15.9. The molecule has 21 heavy (non-hydrogen) atoms. The van der Waals surface area contributed by atoms with Crippen LogP contribution in [0.3, 0.4) is 0 Å². The number of hydrogen-bond acceptors (Lipinski definition) is 2. The van der Waals surface area contributed by atoms with Crippen LogP contribution in [-0.2, 0) is 4.79 Å². The van der Waals surface area contributed by atoms with Crippen molar-refractivity contribution < 1.29 is 14.7 Å². The standard InChI is InChI=1S/C18H18O3/c1-2-8-16(18(20)21)14-11-6-7-12-15(14)17(19)13-9-4-3-5-10-13/h3-7,9-12,16H,2,8H2,1H3,(H,20,21). The topological polar surface area (TPSA) is 54.4 Å². The molecule has 0 spiro atoms. The molecule has 0 aliphatic heterocycles. The molecule has 0 amide bonds. The van der Waals surface area contributed by atoms with Gasteiger partial charge in [-0.2, -0.15) is 0 Å². The predicted octanol–water partition coefficient (Wildman–Crippen LogP) is 3.89. The normalized spacial score (nSPS) is 11.9. The van der Waals surface area contributed by atoms with Crippen LogP contribution in [0.1, 0.15) is 47.2 Å². The molecule has 2 aromatic rings. The van der Waals surface area contributed by atoms with Gasteiger partial charge in [-0.15, -0.1) is 0 Å². The van der Waals surface area contributed by atoms with Crippen LogP contribution in [0.5, 0.6) is 0 Å². The molecular formula is C18H18O3. The van der Waals surface area contributed by atoms with Crippen molar-refractivity contribution in [3.63, 3.8) is 0 Å². The SMILES string of the molecule is CCCC(C(=O)O)c1ccccc1C(=O)c1ccccc1. The molecule has 108 valence electrons. The number of benzene rings is 2. The first-order chi connectivity index (χ1) is 10.1. The number of carbonyl (C=O) groups excluding carboxylic acids is 1. The van der Waals surface area contributed by atoms with E-state index in [1.54, 1.807) is 48.5 Å². The highest BCUT2D eigenvalue weighted by molar-refractivity contribution is 6.10. The number of hydrogen-bond donors (Lipinski definition) is 1. The largest absolute Gasteiger partial charge is 0.481 e. The fourth-order valence-corrected chi connectivity index (χ4v) is 2.45. The van der Waals surface area contributed by atoms with Crippen LogP contribution in [0, 0.1) is 0 Å². The van der Waals surface area contributed by atoms with E-state index >= 15 is 0 Å². The quantitative estimate of drug-likeness (QED) is 0.818. The molecule has 2 rings (SSSR count). The summed E-state index contributed by atoms with van der Waals surface area (Å²) < 4.78 is 0. The first kappa shape index (κ1) is 15.0. The van der Waals surface area contributed by atoms with Crippen LogP contribution in [0.15, 0.2) is 54.6 Å². The lowest BCUT2D eigenvalue weighted by molar-refractivity contribution is -0.139. The van der Waals surface area contributed by atoms with Gasteiger partial charge >= 0.3 is 5.97 Å². The fourth-order valence-electron chi connectivity index (χ4n) is 2.45. The zero-order chi connectivity index (χ0) is 15.2. The molecule has 0 fully saturated rings. The summed E-state index contributed by atoms with van der Waals surface area (Å²) in [6.07, 6.45) is 1.28. The second-order valence-corrected chi connectivity index (χ2v) is 4.96. The molecule has 0 saturated carbocycles. The minimum absolute atomic E-state index is 0.131. The maximum atomic E-state index is 12.6. The van der Waals surface area contributed by atoms with Gasteiger partial charge in [-0.25, -0.2) is 0 Å². The van der Waals surface area contributed by atoms with E-state index in [2.05, 4.69) is 0 Å². The Morgan fingerprint density at radius 1 is 1.00 bits per heavy atom. The molecule has 3 heteroatoms. The summed E-state index contributed by atoms with van der Waals surface area (Å²) in [5.41, 5.74) is 1.65. The van der Waals surface area contributed by atoms with E-state index in [-0.39, 0.29) is 5.78 Å². The molecule has 0 aliphatic carbocycles. The molecule has 0 saturated heterocycles. The van der Waals surface area contributed by atoms with E-state index in [1.165, 1.54) is 0 Å². The van der Waals surface area contributed by atoms with Crippen LogP contribution in [0.25, 0.3) is 0 Å². The summed E-state index contributed by atoms with van der Waals surface area (Å²) in [5, 5.41) is 9.42. The zero-order valence-corrected chi connectivity index (χ0v) is 12.0. The van der Waals surface area contributed by atoms with Gasteiger partial charge in [0.2, 0.25) is 0 Å². The molecule has 1 atom stereocenters. The summed E-state index contributed by atoms with van der Waals surface area (Å²) >= 11 is 0. The van der Waals surface area contributed by atoms with Crippen molar-refractivity contribution in [1.29, 1.82) is 0 Å². The van der Waals surface area contributed by atoms with Gasteiger partial charge in [0, 0.05) is 11.1 Å². The van der Waals surface area contributed by atoms with E-state index in [0.717, 1.165) is 6.42 Å². The van der Waals surface area contributed by atoms with Gasteiger partial charge < -0.3 is 5.11 Å². The third-order valence-corrected chi connectivity index (χ3v) is 3.49. The first-order valence-electron chi connectivity index (χ1n) is 7.06. The smallest absolute Gasteiger partial charge is 0.310 e. The molecular weight excluding hydrogens is 264 g/mol. The number of rotatable bonds is 6. The third kappa shape index (κ3) is 3.37. The maximum Gasteiger partial charge on any atom is 0.310 e. The number of aliphatic carboxylic acids is 1. The lowest BCUT2D eigenvalue weighted by atomic mass is 9.87. The van der Waals surface area contributed by atoms with Gasteiger partial charge in [0.05, 0.1) is 5.92 Å². The molecule has 0 aliphatic rings. The van der Waals surface area contributed by atoms with Gasteiger partial charge in [0.1, 0.15) is 0 Å². The minimum Gasteiger partial charge on any atom is -0.481 e. The molecule has 0 aromatic heterocycles. The van der Waals surface area contributed by atoms with Crippen molar-refractivity contribution in [2.24, 2.45) is 0 Å². The summed E-state index contributed by atoms with van der Waals surface area (Å²) in [4.78, 5) is 24.1. The molecule has 1 N–H and O–H groups in total. The minimum atomic E-state index is -0.884. The van der Waals surface area contributed by atoms with E-state index in [0.29, 0.717) is 23.1 Å². The Bertz CT molecular complexity index is 632. The Morgan fingerprint density at radius 2 is 1.62 bits per heavy atom. The number of ketones is 1. The van der Waals surface area contributed by atoms with Crippen LogP contribution >= 0.6 is 0 Å². The Morgan fingerprint density at radius 3 is 2.24 bits per heavy atom. The fraction of sp³-hybridized carbons (Fsp3) is 0.222. The van der Waals surface area contributed by atoms with Crippen molar-refractivity contribution in [3.8, 4) is 0 Å². The Labute approximate surface area is 124 Å². The van der Waals surface area contributed by atoms with Gasteiger partial charge in [0.15, 0.2) is 5.78 Å². The van der Waals surface area contributed by atoms with Crippen molar-refractivity contribution in [2.45, 2.75) is 25.7 Å². The number of carboxylic acids is 1. The third-order valence-electron chi connectivity index (χ3n) is 3.49. The maximum absolute atomic E-state index is 12.6. The first-order valence-corrected chi connectivity index (χ1v) is 7.06. The predicted molar refractivity (Wildman–Crippen MR) is 81.6 cm³/mol. The molecule has 0 radical (unpaired) electrons. The Balaban J connectivity index is 2.45. The highest BCUT2D eigenvalue weighted by Crippen LogP contribution is 2.26. The van der Waals surface area contributed by atoms with Crippen molar-refractivity contribution in [1.82, 2.24) is 0 Å². The zero-order valence-electron chi connectivity index (χ0n) is 12.0. The molecule has 0 bridgehead atoms. The second-order valence-electron chi connectivity index (χ2n) is 4.96. The number of carbonyl (C=O) groups is 2. The molecule has 1 unspecified atom stereocenters. The number of carboxylic acid groups (broad SMARTS) is 1. The average molecular weight is 282 g/mol. The average Bonchev–Trinajstić information content (AvgIpc) is 2.52. The highest BCUT2D eigenvalue weighted by atomic mass is 16.4. The second kappa shape index (κ2) is 6.84. The summed E-state index contributed by atoms with van der Waals surface area (Å²) in [5.74, 6) is -1.66. The van der Waals surface area contributed by atoms with E-state index < -0.39 is 11.9 Å². The summed E-state index contributed by atoms with van der Waals surface area (Å²) in [6.45, 7) is 1.94. The van der Waals surface area contributed by atoms with Crippen LogP contribution in [-0.4, -0.2) is 16.9 Å². The molecule has 3 nitrogen and oxygen atoms in total. The van der Waals surface area contributed by atoms with Gasteiger partial charge in [-0.3, -0.25) is 9.59 Å². The lowest BCUT2D eigenvalue weighted by Gasteiger charge is -2.15. The van der Waals surface area contributed by atoms with Crippen molar-refractivity contribution in [3.05, 3.63) is 71.3 Å². The Kier molecular flexibility index (Phi) is 4.88. The van der Waals surface area contributed by atoms with Crippen molar-refractivity contribution >= 4 is 11.8 Å². The van der Waals surface area contributed by atoms with E-state index in [9.17, 15) is 14.7 Å². The van der Waals surface area contributed by atoms with Crippen LogP contribution in [0.2, 0.25) is 0 Å². The van der Waals surface area contributed by atoms with E-state index in [1.807, 2.05) is 13.0 Å². The molecule has 0 heterocycles. The lowest BCUT2D eigenvalue weighted by Crippen LogP contribution is -2.16. The van der Waals surface area contributed by atoms with Crippen molar-refractivity contribution in [2.75, 3.05) is 0 Å². The van der Waals surface area contributed by atoms with Crippen LogP contribution < -0.4 is 0 Å².